The number of piperidine rings is 1. The molecule has 1 unspecified atom stereocenters. The highest BCUT2D eigenvalue weighted by Crippen LogP contribution is 2.27. The molecule has 8 nitrogen and oxygen atoms in total. The van der Waals surface area contributed by atoms with Crippen LogP contribution in [0.2, 0.25) is 0 Å². The second-order valence-corrected chi connectivity index (χ2v) is 8.89. The number of carbonyl (C=O) groups excluding carboxylic acids is 1. The van der Waals surface area contributed by atoms with Gasteiger partial charge in [-0.3, -0.25) is 9.36 Å². The fourth-order valence-electron chi connectivity index (χ4n) is 3.99. The van der Waals surface area contributed by atoms with E-state index in [0.717, 1.165) is 61.4 Å². The van der Waals surface area contributed by atoms with E-state index in [1.807, 2.05) is 24.3 Å². The third kappa shape index (κ3) is 5.77. The fourth-order valence-corrected chi connectivity index (χ4v) is 4.73. The van der Waals surface area contributed by atoms with Crippen LogP contribution < -0.4 is 10.2 Å². The van der Waals surface area contributed by atoms with E-state index >= 15 is 0 Å². The molecule has 0 spiro atoms. The monoisotopic (exact) mass is 440 g/mol. The Bertz CT molecular complexity index is 911. The Morgan fingerprint density at radius 2 is 2.00 bits per heavy atom. The average molecular weight is 441 g/mol. The number of nitrogens with one attached hydrogen (secondary N) is 1. The number of thioether (sulfide) groups is 1. The summed E-state index contributed by atoms with van der Waals surface area (Å²) in [6.07, 6.45) is 6.28. The number of aromatic nitrogens is 3. The summed E-state index contributed by atoms with van der Waals surface area (Å²) in [6, 6.07) is 9.48. The molecule has 1 N–H and O–H groups in total. The quantitative estimate of drug-likeness (QED) is 0.630. The van der Waals surface area contributed by atoms with E-state index in [1.165, 1.54) is 31.0 Å². The van der Waals surface area contributed by atoms with Gasteiger partial charge in [-0.15, -0.1) is 10.2 Å². The Labute approximate surface area is 187 Å². The van der Waals surface area contributed by atoms with Crippen LogP contribution in [0.1, 0.15) is 37.7 Å². The summed E-state index contributed by atoms with van der Waals surface area (Å²) < 4.78 is 7.99. The number of carbonyl (C=O) groups is 1. The lowest BCUT2D eigenvalue weighted by Crippen LogP contribution is -2.33. The molecule has 1 atom stereocenters. The Kier molecular flexibility index (Phi) is 7.43. The smallest absolute Gasteiger partial charge is 0.234 e. The number of nitriles is 1. The first-order valence-corrected chi connectivity index (χ1v) is 11.9. The highest BCUT2D eigenvalue weighted by atomic mass is 32.2. The van der Waals surface area contributed by atoms with Crippen molar-refractivity contribution in [2.75, 3.05) is 35.7 Å². The number of nitrogens with zero attached hydrogens (tertiary/aromatic N) is 5. The SMILES string of the molecule is N#CCc1ccc(NC(=O)CSc2nnc(N3CCCCC3)n2CC2CCCO2)cc1. The predicted molar refractivity (Wildman–Crippen MR) is 120 cm³/mol. The van der Waals surface area contributed by atoms with Crippen molar-refractivity contribution in [2.24, 2.45) is 0 Å². The maximum atomic E-state index is 12.5. The fraction of sp³-hybridized carbons (Fsp3) is 0.545. The molecule has 2 aromatic rings. The maximum Gasteiger partial charge on any atom is 0.234 e. The molecular formula is C22H28N6O2S. The molecule has 2 aliphatic heterocycles. The molecule has 0 radical (unpaired) electrons. The van der Waals surface area contributed by atoms with Gasteiger partial charge < -0.3 is 15.0 Å². The van der Waals surface area contributed by atoms with Crippen LogP contribution in [0.25, 0.3) is 0 Å². The zero-order chi connectivity index (χ0) is 21.5. The van der Waals surface area contributed by atoms with E-state index in [2.05, 4.69) is 31.1 Å². The summed E-state index contributed by atoms with van der Waals surface area (Å²) in [4.78, 5) is 14.8. The van der Waals surface area contributed by atoms with Gasteiger partial charge >= 0.3 is 0 Å². The van der Waals surface area contributed by atoms with Crippen LogP contribution in [-0.2, 0) is 22.5 Å². The topological polar surface area (TPSA) is 96.1 Å². The van der Waals surface area contributed by atoms with E-state index in [1.54, 1.807) is 0 Å². The van der Waals surface area contributed by atoms with Crippen LogP contribution in [0.4, 0.5) is 11.6 Å². The van der Waals surface area contributed by atoms with E-state index in [9.17, 15) is 4.79 Å². The molecule has 164 valence electrons. The van der Waals surface area contributed by atoms with Crippen molar-refractivity contribution in [3.63, 3.8) is 0 Å². The van der Waals surface area contributed by atoms with Crippen LogP contribution in [-0.4, -0.2) is 52.2 Å². The maximum absolute atomic E-state index is 12.5. The van der Waals surface area contributed by atoms with Crippen LogP contribution in [0.5, 0.6) is 0 Å². The van der Waals surface area contributed by atoms with Crippen LogP contribution in [0, 0.1) is 11.3 Å². The molecule has 2 fully saturated rings. The van der Waals surface area contributed by atoms with E-state index in [0.29, 0.717) is 6.42 Å². The van der Waals surface area contributed by atoms with Gasteiger partial charge in [-0.2, -0.15) is 5.26 Å². The summed E-state index contributed by atoms with van der Waals surface area (Å²) in [5.74, 6) is 1.05. The average Bonchev–Trinajstić information content (AvgIpc) is 3.45. The molecule has 9 heteroatoms. The van der Waals surface area contributed by atoms with Crippen molar-refractivity contribution in [3.8, 4) is 6.07 Å². The predicted octanol–water partition coefficient (Wildman–Crippen LogP) is 3.24. The van der Waals surface area contributed by atoms with Crippen LogP contribution in [0.15, 0.2) is 29.4 Å². The van der Waals surface area contributed by atoms with Crippen molar-refractivity contribution in [1.29, 1.82) is 5.26 Å². The Morgan fingerprint density at radius 1 is 1.19 bits per heavy atom. The number of hydrogen-bond donors (Lipinski definition) is 1. The van der Waals surface area contributed by atoms with Crippen molar-refractivity contribution in [2.45, 2.75) is 56.3 Å². The minimum absolute atomic E-state index is 0.0933. The highest BCUT2D eigenvalue weighted by Gasteiger charge is 2.25. The number of hydrogen-bond acceptors (Lipinski definition) is 7. The highest BCUT2D eigenvalue weighted by molar-refractivity contribution is 7.99. The zero-order valence-corrected chi connectivity index (χ0v) is 18.4. The van der Waals surface area contributed by atoms with E-state index < -0.39 is 0 Å². The number of anilines is 2. The Hall–Kier alpha value is -2.57. The molecule has 1 aromatic carbocycles. The molecule has 0 saturated carbocycles. The minimum atomic E-state index is -0.0933. The molecule has 2 aliphatic rings. The first kappa shape index (κ1) is 21.7. The molecule has 2 saturated heterocycles. The van der Waals surface area contributed by atoms with Gasteiger partial charge in [-0.05, 0) is 49.8 Å². The molecule has 1 aromatic heterocycles. The second-order valence-electron chi connectivity index (χ2n) is 7.94. The van der Waals surface area contributed by atoms with E-state index in [-0.39, 0.29) is 17.8 Å². The summed E-state index contributed by atoms with van der Waals surface area (Å²) in [7, 11) is 0. The van der Waals surface area contributed by atoms with Gasteiger partial charge in [0.05, 0.1) is 30.9 Å². The summed E-state index contributed by atoms with van der Waals surface area (Å²) in [5, 5.41) is 21.3. The van der Waals surface area contributed by atoms with Gasteiger partial charge in [0.1, 0.15) is 0 Å². The van der Waals surface area contributed by atoms with Crippen LogP contribution in [0.3, 0.4) is 0 Å². The first-order chi connectivity index (χ1) is 15.2. The number of amides is 1. The van der Waals surface area contributed by atoms with Gasteiger partial charge in [0.15, 0.2) is 5.16 Å². The summed E-state index contributed by atoms with van der Waals surface area (Å²) in [6.45, 7) is 3.53. The molecule has 0 aliphatic carbocycles. The van der Waals surface area contributed by atoms with Gasteiger partial charge in [0, 0.05) is 25.4 Å². The van der Waals surface area contributed by atoms with Crippen molar-refractivity contribution in [3.05, 3.63) is 29.8 Å². The van der Waals surface area contributed by atoms with Crippen LogP contribution >= 0.6 is 11.8 Å². The lowest BCUT2D eigenvalue weighted by molar-refractivity contribution is -0.113. The molecule has 1 amide bonds. The lowest BCUT2D eigenvalue weighted by Gasteiger charge is -2.28. The Balaban J connectivity index is 1.40. The number of benzene rings is 1. The lowest BCUT2D eigenvalue weighted by atomic mass is 10.1. The third-order valence-electron chi connectivity index (χ3n) is 5.60. The summed E-state index contributed by atoms with van der Waals surface area (Å²) in [5.41, 5.74) is 1.66. The van der Waals surface area contributed by atoms with Crippen molar-refractivity contribution in [1.82, 2.24) is 14.8 Å². The summed E-state index contributed by atoms with van der Waals surface area (Å²) >= 11 is 1.41. The van der Waals surface area contributed by atoms with Gasteiger partial charge in [-0.1, -0.05) is 23.9 Å². The number of ether oxygens (including phenoxy) is 1. The Morgan fingerprint density at radius 3 is 2.71 bits per heavy atom. The third-order valence-corrected chi connectivity index (χ3v) is 6.57. The van der Waals surface area contributed by atoms with Crippen molar-refractivity contribution < 1.29 is 9.53 Å². The second kappa shape index (κ2) is 10.6. The minimum Gasteiger partial charge on any atom is -0.376 e. The molecular weight excluding hydrogens is 412 g/mol. The van der Waals surface area contributed by atoms with Gasteiger partial charge in [0.2, 0.25) is 11.9 Å². The van der Waals surface area contributed by atoms with Crippen molar-refractivity contribution >= 4 is 29.3 Å². The number of rotatable bonds is 8. The normalized spacial score (nSPS) is 18.7. The van der Waals surface area contributed by atoms with Gasteiger partial charge in [0.25, 0.3) is 0 Å². The van der Waals surface area contributed by atoms with Gasteiger partial charge in [-0.25, -0.2) is 0 Å². The standard InChI is InChI=1S/C22H28N6O2S/c23-11-10-17-6-8-18(9-7-17)24-20(29)16-31-22-26-25-21(27-12-2-1-3-13-27)28(22)15-19-5-4-14-30-19/h6-9,19H,1-5,10,12-16H2,(H,24,29). The first-order valence-electron chi connectivity index (χ1n) is 10.9. The zero-order valence-electron chi connectivity index (χ0n) is 17.6. The molecule has 3 heterocycles. The van der Waals surface area contributed by atoms with E-state index in [4.69, 9.17) is 10.00 Å². The molecule has 31 heavy (non-hydrogen) atoms. The molecule has 4 rings (SSSR count). The largest absolute Gasteiger partial charge is 0.376 e. The molecule has 0 bridgehead atoms.